The third-order valence-corrected chi connectivity index (χ3v) is 2.97. The van der Waals surface area contributed by atoms with Gasteiger partial charge in [-0.25, -0.2) is 4.98 Å². The van der Waals surface area contributed by atoms with Gasteiger partial charge < -0.3 is 5.73 Å². The van der Waals surface area contributed by atoms with Gasteiger partial charge in [0.25, 0.3) is 0 Å². The third kappa shape index (κ3) is 2.86. The van der Waals surface area contributed by atoms with Crippen LogP contribution in [-0.2, 0) is 0 Å². The number of nitrogens with two attached hydrogens (primary N) is 1. The molecule has 0 aliphatic carbocycles. The van der Waals surface area contributed by atoms with E-state index in [0.29, 0.717) is 4.99 Å². The van der Waals surface area contributed by atoms with Crippen molar-refractivity contribution < 1.29 is 0 Å². The number of rotatable bonds is 3. The Morgan fingerprint density at radius 3 is 2.08 bits per heavy atom. The van der Waals surface area contributed by atoms with Crippen LogP contribution in [0.3, 0.4) is 0 Å². The number of hydrogen-bond acceptors (Lipinski definition) is 4. The molecule has 2 nitrogen and oxygen atoms in total. The molecule has 0 aliphatic rings. The van der Waals surface area contributed by atoms with E-state index in [9.17, 15) is 0 Å². The van der Waals surface area contributed by atoms with E-state index in [2.05, 4.69) is 4.98 Å². The minimum absolute atomic E-state index is 0.424. The normalized spacial score (nSPS) is 10.0. The van der Waals surface area contributed by atoms with Crippen molar-refractivity contribution in [3.8, 4) is 0 Å². The van der Waals surface area contributed by atoms with E-state index in [1.165, 1.54) is 0 Å². The summed E-state index contributed by atoms with van der Waals surface area (Å²) < 4.78 is 0. The van der Waals surface area contributed by atoms with Crippen molar-refractivity contribution in [2.45, 2.75) is 10.1 Å². The van der Waals surface area contributed by atoms with Gasteiger partial charge in [-0.3, -0.25) is 0 Å². The molecule has 1 heterocycles. The molecule has 5 heteroatoms. The Morgan fingerprint density at radius 2 is 1.77 bits per heavy atom. The second-order valence-corrected chi connectivity index (χ2v) is 4.40. The summed E-state index contributed by atoms with van der Waals surface area (Å²) in [5.41, 5.74) is 6.43. The molecule has 1 aromatic rings. The van der Waals surface area contributed by atoms with Crippen LogP contribution in [0.1, 0.15) is 5.56 Å². The second kappa shape index (κ2) is 4.83. The molecule has 0 amide bonds. The summed E-state index contributed by atoms with van der Waals surface area (Å²) in [4.78, 5) is 4.79. The minimum atomic E-state index is 0.424. The highest BCUT2D eigenvalue weighted by Gasteiger charge is 2.02. The maximum Gasteiger partial charge on any atom is 0.104 e. The zero-order valence-corrected chi connectivity index (χ0v) is 9.85. The van der Waals surface area contributed by atoms with Gasteiger partial charge in [0.15, 0.2) is 0 Å². The van der Waals surface area contributed by atoms with Crippen molar-refractivity contribution in [3.05, 3.63) is 17.7 Å². The molecule has 0 unspecified atom stereocenters. The zero-order valence-electron chi connectivity index (χ0n) is 7.40. The Bertz CT molecular complexity index is 303. The van der Waals surface area contributed by atoms with Crippen molar-refractivity contribution in [2.75, 3.05) is 12.5 Å². The van der Waals surface area contributed by atoms with Crippen molar-refractivity contribution in [3.63, 3.8) is 0 Å². The lowest BCUT2D eigenvalue weighted by atomic mass is 10.3. The smallest absolute Gasteiger partial charge is 0.104 e. The molecule has 0 saturated heterocycles. The van der Waals surface area contributed by atoms with Gasteiger partial charge >= 0.3 is 0 Å². The first kappa shape index (κ1) is 10.8. The predicted octanol–water partition coefficient (Wildman–Crippen LogP) is 2.16. The van der Waals surface area contributed by atoms with Crippen LogP contribution in [0.15, 0.2) is 22.2 Å². The highest BCUT2D eigenvalue weighted by molar-refractivity contribution is 7.99. The number of hydrogen-bond donors (Lipinski definition) is 1. The van der Waals surface area contributed by atoms with Gasteiger partial charge in [0.2, 0.25) is 0 Å². The van der Waals surface area contributed by atoms with Crippen LogP contribution in [0, 0.1) is 0 Å². The fraction of sp³-hybridized carbons (Fsp3) is 0.250. The molecule has 0 fully saturated rings. The molecule has 0 spiro atoms. The molecule has 0 saturated carbocycles. The largest absolute Gasteiger partial charge is 0.389 e. The summed E-state index contributed by atoms with van der Waals surface area (Å²) in [6, 6.07) is 3.82. The van der Waals surface area contributed by atoms with E-state index < -0.39 is 0 Å². The maximum absolute atomic E-state index is 5.55. The molecule has 0 bridgehead atoms. The van der Waals surface area contributed by atoms with Gasteiger partial charge in [0.05, 0.1) is 10.1 Å². The summed E-state index contributed by atoms with van der Waals surface area (Å²) in [5, 5.41) is 1.91. The van der Waals surface area contributed by atoms with Gasteiger partial charge in [-0.2, -0.15) is 0 Å². The summed E-state index contributed by atoms with van der Waals surface area (Å²) in [5.74, 6) is 0. The average Bonchev–Trinajstić information content (AvgIpc) is 2.16. The van der Waals surface area contributed by atoms with Crippen LogP contribution in [0.4, 0.5) is 0 Å². The maximum atomic E-state index is 5.55. The number of aromatic nitrogens is 1. The minimum Gasteiger partial charge on any atom is -0.389 e. The topological polar surface area (TPSA) is 38.9 Å². The second-order valence-electron chi connectivity index (χ2n) is 2.30. The molecule has 0 radical (unpaired) electrons. The lowest BCUT2D eigenvalue weighted by Crippen LogP contribution is -2.09. The van der Waals surface area contributed by atoms with Gasteiger partial charge in [-0.1, -0.05) is 12.2 Å². The highest BCUT2D eigenvalue weighted by atomic mass is 32.2. The summed E-state index contributed by atoms with van der Waals surface area (Å²) in [7, 11) is 0. The van der Waals surface area contributed by atoms with E-state index >= 15 is 0 Å². The third-order valence-electron chi connectivity index (χ3n) is 1.48. The first-order valence-corrected chi connectivity index (χ1v) is 6.43. The Labute approximate surface area is 91.7 Å². The van der Waals surface area contributed by atoms with Gasteiger partial charge in [-0.05, 0) is 24.6 Å². The lowest BCUT2D eigenvalue weighted by Gasteiger charge is -2.03. The molecular weight excluding hydrogens is 220 g/mol. The number of thiocarbonyl (C=S) groups is 1. The molecule has 0 atom stereocenters. The molecule has 0 aliphatic heterocycles. The number of pyridine rings is 1. The number of thioether (sulfide) groups is 2. The van der Waals surface area contributed by atoms with Crippen molar-refractivity contribution in [1.82, 2.24) is 4.98 Å². The first-order chi connectivity index (χ1) is 6.17. The van der Waals surface area contributed by atoms with Crippen LogP contribution < -0.4 is 5.73 Å². The zero-order chi connectivity index (χ0) is 9.84. The van der Waals surface area contributed by atoms with Gasteiger partial charge in [0, 0.05) is 5.56 Å². The van der Waals surface area contributed by atoms with Crippen molar-refractivity contribution in [1.29, 1.82) is 0 Å². The summed E-state index contributed by atoms with van der Waals surface area (Å²) >= 11 is 8.09. The molecule has 0 aromatic carbocycles. The van der Waals surface area contributed by atoms with E-state index in [-0.39, 0.29) is 0 Å². The van der Waals surface area contributed by atoms with Crippen LogP contribution in [0.5, 0.6) is 0 Å². The van der Waals surface area contributed by atoms with Gasteiger partial charge in [0.1, 0.15) is 4.99 Å². The fourth-order valence-electron chi connectivity index (χ4n) is 0.832. The molecule has 13 heavy (non-hydrogen) atoms. The Balaban J connectivity index is 3.14. The van der Waals surface area contributed by atoms with Gasteiger partial charge in [-0.15, -0.1) is 23.5 Å². The number of nitrogens with zero attached hydrogens (tertiary/aromatic N) is 1. The fourth-order valence-corrected chi connectivity index (χ4v) is 1.88. The van der Waals surface area contributed by atoms with E-state index in [1.54, 1.807) is 23.5 Å². The Morgan fingerprint density at radius 1 is 1.31 bits per heavy atom. The quantitative estimate of drug-likeness (QED) is 0.636. The van der Waals surface area contributed by atoms with E-state index in [4.69, 9.17) is 18.0 Å². The van der Waals surface area contributed by atoms with Crippen LogP contribution in [-0.4, -0.2) is 22.5 Å². The predicted molar refractivity (Wildman–Crippen MR) is 63.7 cm³/mol. The van der Waals surface area contributed by atoms with E-state index in [0.717, 1.165) is 15.6 Å². The monoisotopic (exact) mass is 230 g/mol. The first-order valence-electron chi connectivity index (χ1n) is 3.57. The molecular formula is C8H10N2S3. The molecule has 1 aromatic heterocycles. The highest BCUT2D eigenvalue weighted by Crippen LogP contribution is 2.20. The summed E-state index contributed by atoms with van der Waals surface area (Å²) in [6.45, 7) is 0. The summed E-state index contributed by atoms with van der Waals surface area (Å²) in [6.07, 6.45) is 3.96. The lowest BCUT2D eigenvalue weighted by molar-refractivity contribution is 1.01. The SMILES string of the molecule is CSc1cc(C(N)=S)cc(SC)n1. The van der Waals surface area contributed by atoms with Crippen LogP contribution >= 0.6 is 35.7 Å². The Hall–Kier alpha value is -0.260. The van der Waals surface area contributed by atoms with E-state index in [1.807, 2.05) is 24.6 Å². The van der Waals surface area contributed by atoms with Crippen LogP contribution in [0.2, 0.25) is 0 Å². The molecule has 2 N–H and O–H groups in total. The van der Waals surface area contributed by atoms with Crippen molar-refractivity contribution in [2.24, 2.45) is 5.73 Å². The molecule has 1 rings (SSSR count). The van der Waals surface area contributed by atoms with Crippen LogP contribution in [0.25, 0.3) is 0 Å². The Kier molecular flexibility index (Phi) is 4.02. The standard InChI is InChI=1S/C8H10N2S3/c1-12-6-3-5(8(9)11)4-7(10-6)13-2/h3-4H,1-2H3,(H2,9,11). The average molecular weight is 230 g/mol. The van der Waals surface area contributed by atoms with Crippen molar-refractivity contribution >= 4 is 40.7 Å². The molecule has 70 valence electrons.